The Hall–Kier alpha value is -2.39. The highest BCUT2D eigenvalue weighted by Crippen LogP contribution is 2.34. The average Bonchev–Trinajstić information content (AvgIpc) is 2.54. The fourth-order valence-electron chi connectivity index (χ4n) is 2.21. The number of carbonyl (C=O) groups excluding carboxylic acids is 1. The molecule has 0 amide bonds. The van der Waals surface area contributed by atoms with Gasteiger partial charge in [-0.3, -0.25) is 4.84 Å². The lowest BCUT2D eigenvalue weighted by Crippen LogP contribution is -2.45. The van der Waals surface area contributed by atoms with Gasteiger partial charge in [0.2, 0.25) is 0 Å². The third-order valence-corrected chi connectivity index (χ3v) is 3.20. The van der Waals surface area contributed by atoms with Crippen molar-refractivity contribution in [2.75, 3.05) is 6.54 Å². The Labute approximate surface area is 119 Å². The number of hydroxylamine groups is 1. The van der Waals surface area contributed by atoms with E-state index in [0.717, 1.165) is 11.4 Å². The summed E-state index contributed by atoms with van der Waals surface area (Å²) in [6, 6.07) is 19.4. The SMILES string of the molecule is C=CC(=O)O[N+](CC)(c1ccccc1)c1ccccc1. The van der Waals surface area contributed by atoms with Gasteiger partial charge < -0.3 is 0 Å². The van der Waals surface area contributed by atoms with Crippen molar-refractivity contribution in [2.24, 2.45) is 0 Å². The number of nitrogens with zero attached hydrogens (tertiary/aromatic N) is 1. The van der Waals surface area contributed by atoms with Gasteiger partial charge in [0.25, 0.3) is 0 Å². The number of carbonyl (C=O) groups is 1. The third kappa shape index (κ3) is 2.63. The quantitative estimate of drug-likeness (QED) is 0.465. The van der Waals surface area contributed by atoms with Gasteiger partial charge in [0.15, 0.2) is 11.4 Å². The van der Waals surface area contributed by atoms with Gasteiger partial charge in [-0.2, -0.15) is 0 Å². The Balaban J connectivity index is 2.58. The smallest absolute Gasteiger partial charge is 0.261 e. The molecule has 102 valence electrons. The van der Waals surface area contributed by atoms with Crippen molar-refractivity contribution >= 4 is 17.3 Å². The molecule has 0 saturated heterocycles. The molecule has 3 heteroatoms. The minimum absolute atomic E-state index is 0.0204. The summed E-state index contributed by atoms with van der Waals surface area (Å²) in [5.41, 5.74) is 1.80. The lowest BCUT2D eigenvalue weighted by atomic mass is 10.2. The number of rotatable bonds is 5. The van der Waals surface area contributed by atoms with Gasteiger partial charge in [0, 0.05) is 30.3 Å². The molecule has 2 rings (SSSR count). The molecule has 0 aromatic heterocycles. The van der Waals surface area contributed by atoms with Crippen molar-refractivity contribution in [2.45, 2.75) is 6.92 Å². The van der Waals surface area contributed by atoms with E-state index in [1.807, 2.05) is 67.6 Å². The fourth-order valence-corrected chi connectivity index (χ4v) is 2.21. The van der Waals surface area contributed by atoms with Crippen LogP contribution in [0, 0.1) is 0 Å². The monoisotopic (exact) mass is 268 g/mol. The summed E-state index contributed by atoms with van der Waals surface area (Å²) in [5, 5.41) is 0. The molecule has 0 unspecified atom stereocenters. The highest BCUT2D eigenvalue weighted by Gasteiger charge is 2.36. The molecule has 0 radical (unpaired) electrons. The highest BCUT2D eigenvalue weighted by atomic mass is 16.7. The Morgan fingerprint density at radius 1 is 1.05 bits per heavy atom. The first kappa shape index (κ1) is 14.0. The Bertz CT molecular complexity index is 539. The normalized spacial score (nSPS) is 10.8. The van der Waals surface area contributed by atoms with Crippen molar-refractivity contribution in [3.63, 3.8) is 0 Å². The minimum atomic E-state index is -0.445. The standard InChI is InChI=1S/C17H18NO2/c1-3-17(19)20-18(4-2,15-11-7-5-8-12-15)16-13-9-6-10-14-16/h3,5-14H,1,4H2,2H3/q+1. The van der Waals surface area contributed by atoms with Crippen LogP contribution >= 0.6 is 0 Å². The first-order valence-corrected chi connectivity index (χ1v) is 6.58. The largest absolute Gasteiger partial charge is 0.390 e. The minimum Gasteiger partial charge on any atom is -0.261 e. The van der Waals surface area contributed by atoms with Gasteiger partial charge in [-0.15, -0.1) is 0 Å². The summed E-state index contributed by atoms with van der Waals surface area (Å²) in [6.07, 6.45) is 1.19. The van der Waals surface area contributed by atoms with Crippen molar-refractivity contribution in [1.82, 2.24) is 4.65 Å². The summed E-state index contributed by atoms with van der Waals surface area (Å²) in [5.74, 6) is -0.445. The van der Waals surface area contributed by atoms with Crippen molar-refractivity contribution in [3.05, 3.63) is 73.3 Å². The van der Waals surface area contributed by atoms with Crippen LogP contribution < -0.4 is 4.65 Å². The Kier molecular flexibility index (Phi) is 4.33. The third-order valence-electron chi connectivity index (χ3n) is 3.20. The van der Waals surface area contributed by atoms with Crippen LogP contribution in [0.5, 0.6) is 0 Å². The van der Waals surface area contributed by atoms with Crippen molar-refractivity contribution < 1.29 is 9.63 Å². The molecule has 0 N–H and O–H groups in total. The molecule has 3 nitrogen and oxygen atoms in total. The second-order valence-corrected chi connectivity index (χ2v) is 4.34. The van der Waals surface area contributed by atoms with Gasteiger partial charge in [0.1, 0.15) is 6.54 Å². The summed E-state index contributed by atoms with van der Waals surface area (Å²) in [4.78, 5) is 17.5. The second kappa shape index (κ2) is 6.17. The van der Waals surface area contributed by atoms with E-state index in [1.165, 1.54) is 6.08 Å². The first-order valence-electron chi connectivity index (χ1n) is 6.58. The molecule has 0 heterocycles. The van der Waals surface area contributed by atoms with Crippen LogP contribution in [0.25, 0.3) is 0 Å². The van der Waals surface area contributed by atoms with Crippen molar-refractivity contribution in [3.8, 4) is 0 Å². The second-order valence-electron chi connectivity index (χ2n) is 4.34. The molecule has 0 spiro atoms. The van der Waals surface area contributed by atoms with Gasteiger partial charge in [-0.1, -0.05) is 47.6 Å². The summed E-state index contributed by atoms with van der Waals surface area (Å²) < 4.78 is 0.0204. The Morgan fingerprint density at radius 3 is 1.85 bits per heavy atom. The van der Waals surface area contributed by atoms with Crippen molar-refractivity contribution in [1.29, 1.82) is 0 Å². The maximum Gasteiger partial charge on any atom is 0.390 e. The number of hydrogen-bond acceptors (Lipinski definition) is 2. The molecule has 20 heavy (non-hydrogen) atoms. The lowest BCUT2D eigenvalue weighted by Gasteiger charge is -2.32. The molecular formula is C17H18NO2+. The highest BCUT2D eigenvalue weighted by molar-refractivity contribution is 5.82. The summed E-state index contributed by atoms with van der Waals surface area (Å²) >= 11 is 0. The molecular weight excluding hydrogens is 250 g/mol. The summed E-state index contributed by atoms with van der Waals surface area (Å²) in [6.45, 7) is 6.06. The van der Waals surface area contributed by atoms with E-state index in [1.54, 1.807) is 0 Å². The molecule has 0 fully saturated rings. The van der Waals surface area contributed by atoms with Gasteiger partial charge in [-0.25, -0.2) is 4.79 Å². The van der Waals surface area contributed by atoms with E-state index >= 15 is 0 Å². The molecule has 2 aromatic rings. The number of para-hydroxylation sites is 2. The molecule has 0 aliphatic heterocycles. The van der Waals surface area contributed by atoms with Crippen LogP contribution in [0.3, 0.4) is 0 Å². The topological polar surface area (TPSA) is 26.3 Å². The van der Waals surface area contributed by atoms with Gasteiger partial charge >= 0.3 is 5.97 Å². The van der Waals surface area contributed by atoms with E-state index in [9.17, 15) is 4.79 Å². The molecule has 0 atom stereocenters. The van der Waals surface area contributed by atoms with Gasteiger partial charge in [-0.05, 0) is 6.92 Å². The first-order chi connectivity index (χ1) is 9.73. The maximum atomic E-state index is 11.8. The molecule has 0 saturated carbocycles. The van der Waals surface area contributed by atoms with E-state index < -0.39 is 5.97 Å². The zero-order valence-electron chi connectivity index (χ0n) is 11.5. The Morgan fingerprint density at radius 2 is 1.50 bits per heavy atom. The van der Waals surface area contributed by atoms with Crippen LogP contribution in [0.1, 0.15) is 6.92 Å². The molecule has 0 bridgehead atoms. The van der Waals surface area contributed by atoms with Crippen LogP contribution in [0.4, 0.5) is 11.4 Å². The predicted molar refractivity (Wildman–Crippen MR) is 81.2 cm³/mol. The van der Waals surface area contributed by atoms with Crippen LogP contribution in [0.15, 0.2) is 73.3 Å². The van der Waals surface area contributed by atoms with Crippen LogP contribution in [0.2, 0.25) is 0 Å². The van der Waals surface area contributed by atoms with E-state index in [-0.39, 0.29) is 4.65 Å². The fraction of sp³-hybridized carbons (Fsp3) is 0.118. The van der Waals surface area contributed by atoms with Gasteiger partial charge in [0.05, 0.1) is 0 Å². The predicted octanol–water partition coefficient (Wildman–Crippen LogP) is 3.99. The molecule has 2 aromatic carbocycles. The van der Waals surface area contributed by atoms with E-state index in [2.05, 4.69) is 6.58 Å². The van der Waals surface area contributed by atoms with E-state index in [0.29, 0.717) is 6.54 Å². The average molecular weight is 268 g/mol. The zero-order chi connectivity index (χ0) is 14.4. The van der Waals surface area contributed by atoms with Crippen LogP contribution in [-0.4, -0.2) is 12.5 Å². The number of benzene rings is 2. The maximum absolute atomic E-state index is 11.8. The molecule has 0 aliphatic rings. The molecule has 0 aliphatic carbocycles. The lowest BCUT2D eigenvalue weighted by molar-refractivity contribution is -0.166. The summed E-state index contributed by atoms with van der Waals surface area (Å²) in [7, 11) is 0. The van der Waals surface area contributed by atoms with Crippen LogP contribution in [-0.2, 0) is 9.63 Å². The number of quaternary nitrogens is 1. The zero-order valence-corrected chi connectivity index (χ0v) is 11.5. The number of hydrogen-bond donors (Lipinski definition) is 0. The van der Waals surface area contributed by atoms with E-state index in [4.69, 9.17) is 4.84 Å².